The Kier molecular flexibility index (Phi) is 8.90. The average molecular weight is 421 g/mol. The second kappa shape index (κ2) is 11.4. The maximum absolute atomic E-state index is 12.5. The quantitative estimate of drug-likeness (QED) is 0.482. The minimum absolute atomic E-state index is 0.0492. The van der Waals surface area contributed by atoms with Crippen LogP contribution in [0.15, 0.2) is 24.3 Å². The molecule has 30 heavy (non-hydrogen) atoms. The summed E-state index contributed by atoms with van der Waals surface area (Å²) in [6.45, 7) is 2.69. The molecule has 0 aromatic heterocycles. The van der Waals surface area contributed by atoms with Crippen molar-refractivity contribution in [1.82, 2.24) is 14.7 Å². The lowest BCUT2D eigenvalue weighted by atomic mass is 10.1. The molecule has 0 bridgehead atoms. The van der Waals surface area contributed by atoms with Gasteiger partial charge in [0.15, 0.2) is 5.78 Å². The number of hydrogen-bond acceptors (Lipinski definition) is 7. The number of rotatable bonds is 9. The Hall–Kier alpha value is -2.82. The molecule has 0 unspecified atom stereocenters. The first kappa shape index (κ1) is 23.5. The van der Waals surface area contributed by atoms with Crippen LogP contribution in [0.5, 0.6) is 0 Å². The number of carboxylic acids is 3. The summed E-state index contributed by atoms with van der Waals surface area (Å²) in [5.74, 6) is -2.98. The van der Waals surface area contributed by atoms with Crippen LogP contribution in [0.3, 0.4) is 0 Å². The zero-order valence-electron chi connectivity index (χ0n) is 16.7. The summed E-state index contributed by atoms with van der Waals surface area (Å²) in [6.07, 6.45) is 0.161. The molecule has 0 saturated carbocycles. The molecule has 0 radical (unpaired) electrons. The maximum atomic E-state index is 12.5. The average Bonchev–Trinajstić information content (AvgIpc) is 2.74. The van der Waals surface area contributed by atoms with Gasteiger partial charge in [-0.15, -0.1) is 0 Å². The van der Waals surface area contributed by atoms with Gasteiger partial charge in [-0.3, -0.25) is 29.1 Å². The van der Waals surface area contributed by atoms with E-state index in [2.05, 4.69) is 0 Å². The monoisotopic (exact) mass is 421 g/mol. The number of ketones is 1. The molecule has 1 aromatic carbocycles. The third-order valence-electron chi connectivity index (χ3n) is 4.92. The van der Waals surface area contributed by atoms with E-state index in [1.807, 2.05) is 4.90 Å². The van der Waals surface area contributed by atoms with Crippen LogP contribution >= 0.6 is 0 Å². The molecule has 164 valence electrons. The molecular formula is C20H27N3O7. The summed E-state index contributed by atoms with van der Waals surface area (Å²) >= 11 is 0. The van der Waals surface area contributed by atoms with Crippen molar-refractivity contribution < 1.29 is 34.5 Å². The van der Waals surface area contributed by atoms with Crippen LogP contribution in [0.1, 0.15) is 15.9 Å². The van der Waals surface area contributed by atoms with Crippen LogP contribution in [-0.2, 0) is 20.8 Å². The molecule has 3 N–H and O–H groups in total. The first-order chi connectivity index (χ1) is 14.2. The molecule has 1 heterocycles. The fourth-order valence-corrected chi connectivity index (χ4v) is 3.34. The Labute approximate surface area is 174 Å². The first-order valence-electron chi connectivity index (χ1n) is 9.67. The van der Waals surface area contributed by atoms with E-state index in [0.29, 0.717) is 44.8 Å². The Morgan fingerprint density at radius 3 is 1.43 bits per heavy atom. The minimum atomic E-state index is -1.03. The topological polar surface area (TPSA) is 139 Å². The Balaban J connectivity index is 1.98. The highest BCUT2D eigenvalue weighted by Crippen LogP contribution is 2.07. The molecular weight excluding hydrogens is 394 g/mol. The molecule has 10 nitrogen and oxygen atoms in total. The number of hydrogen-bond donors (Lipinski definition) is 3. The van der Waals surface area contributed by atoms with Crippen molar-refractivity contribution in [3.63, 3.8) is 0 Å². The maximum Gasteiger partial charge on any atom is 0.335 e. The number of Topliss-reactive ketones (excluding diaryl/α,β-unsaturated/α-hetero) is 1. The summed E-state index contributed by atoms with van der Waals surface area (Å²) in [7, 11) is 0. The van der Waals surface area contributed by atoms with E-state index in [1.165, 1.54) is 12.1 Å². The number of carboxylic acid groups (broad SMARTS) is 3. The summed E-state index contributed by atoms with van der Waals surface area (Å²) < 4.78 is 0. The highest BCUT2D eigenvalue weighted by molar-refractivity contribution is 5.88. The molecule has 1 aliphatic heterocycles. The highest BCUT2D eigenvalue weighted by atomic mass is 16.4. The van der Waals surface area contributed by atoms with Crippen molar-refractivity contribution in [3.05, 3.63) is 35.4 Å². The normalized spacial score (nSPS) is 16.9. The van der Waals surface area contributed by atoms with Gasteiger partial charge in [0, 0.05) is 45.7 Å². The minimum Gasteiger partial charge on any atom is -0.480 e. The Morgan fingerprint density at radius 2 is 1.07 bits per heavy atom. The van der Waals surface area contributed by atoms with Crippen LogP contribution in [-0.4, -0.2) is 113 Å². The largest absolute Gasteiger partial charge is 0.480 e. The van der Waals surface area contributed by atoms with Crippen LogP contribution in [0.2, 0.25) is 0 Å². The lowest BCUT2D eigenvalue weighted by Crippen LogP contribution is -2.40. The van der Waals surface area contributed by atoms with E-state index in [1.54, 1.807) is 21.9 Å². The lowest BCUT2D eigenvalue weighted by molar-refractivity contribution is -0.140. The fourth-order valence-electron chi connectivity index (χ4n) is 3.34. The molecule has 0 spiro atoms. The SMILES string of the molecule is O=C(O)CN1CCN(CC(=O)O)CCN(CC(=O)Cc2ccc(C(=O)O)cc2)CC1. The van der Waals surface area contributed by atoms with Gasteiger partial charge in [-0.1, -0.05) is 12.1 Å². The van der Waals surface area contributed by atoms with Gasteiger partial charge in [-0.2, -0.15) is 0 Å². The number of aromatic carboxylic acids is 1. The molecule has 1 aliphatic rings. The second-order valence-electron chi connectivity index (χ2n) is 7.33. The van der Waals surface area contributed by atoms with Gasteiger partial charge >= 0.3 is 17.9 Å². The zero-order chi connectivity index (χ0) is 22.1. The highest BCUT2D eigenvalue weighted by Gasteiger charge is 2.20. The van der Waals surface area contributed by atoms with Gasteiger partial charge in [-0.05, 0) is 17.7 Å². The third-order valence-corrected chi connectivity index (χ3v) is 4.92. The standard InChI is InChI=1S/C20H27N3O7/c24-17(11-15-1-3-16(4-2-15)20(29)30)12-21-5-7-22(13-18(25)26)9-10-23(8-6-21)14-19(27)28/h1-4H,5-14H2,(H,25,26)(H,27,28)(H,29,30). The van der Waals surface area contributed by atoms with Gasteiger partial charge in [0.25, 0.3) is 0 Å². The first-order valence-corrected chi connectivity index (χ1v) is 9.67. The molecule has 0 aliphatic carbocycles. The summed E-state index contributed by atoms with van der Waals surface area (Å²) in [6, 6.07) is 6.14. The summed E-state index contributed by atoms with van der Waals surface area (Å²) in [5.41, 5.74) is 0.873. The summed E-state index contributed by atoms with van der Waals surface area (Å²) in [4.78, 5) is 51.0. The zero-order valence-corrected chi connectivity index (χ0v) is 16.7. The summed E-state index contributed by atoms with van der Waals surface area (Å²) in [5, 5.41) is 27.1. The van der Waals surface area contributed by atoms with Crippen molar-refractivity contribution in [1.29, 1.82) is 0 Å². The van der Waals surface area contributed by atoms with E-state index < -0.39 is 17.9 Å². The Morgan fingerprint density at radius 1 is 0.667 bits per heavy atom. The van der Waals surface area contributed by atoms with Crippen molar-refractivity contribution >= 4 is 23.7 Å². The van der Waals surface area contributed by atoms with Crippen molar-refractivity contribution in [3.8, 4) is 0 Å². The van der Waals surface area contributed by atoms with Crippen molar-refractivity contribution in [2.75, 3.05) is 58.9 Å². The van der Waals surface area contributed by atoms with E-state index >= 15 is 0 Å². The van der Waals surface area contributed by atoms with Crippen LogP contribution in [0.4, 0.5) is 0 Å². The number of carbonyl (C=O) groups excluding carboxylic acids is 1. The van der Waals surface area contributed by atoms with E-state index in [4.69, 9.17) is 15.3 Å². The van der Waals surface area contributed by atoms with E-state index in [-0.39, 0.29) is 37.4 Å². The molecule has 10 heteroatoms. The number of benzene rings is 1. The number of carbonyl (C=O) groups is 4. The van der Waals surface area contributed by atoms with Crippen LogP contribution < -0.4 is 0 Å². The molecule has 1 aromatic rings. The van der Waals surface area contributed by atoms with Gasteiger partial charge in [-0.25, -0.2) is 4.79 Å². The van der Waals surface area contributed by atoms with E-state index in [9.17, 15) is 19.2 Å². The molecule has 0 amide bonds. The molecule has 1 fully saturated rings. The van der Waals surface area contributed by atoms with Crippen molar-refractivity contribution in [2.45, 2.75) is 6.42 Å². The predicted molar refractivity (Wildman–Crippen MR) is 107 cm³/mol. The van der Waals surface area contributed by atoms with Gasteiger partial charge in [0.05, 0.1) is 25.2 Å². The van der Waals surface area contributed by atoms with Crippen molar-refractivity contribution in [2.24, 2.45) is 0 Å². The number of aliphatic carboxylic acids is 2. The van der Waals surface area contributed by atoms with Gasteiger partial charge in [0.1, 0.15) is 0 Å². The Bertz CT molecular complexity index is 738. The molecule has 1 saturated heterocycles. The smallest absolute Gasteiger partial charge is 0.335 e. The van der Waals surface area contributed by atoms with E-state index in [0.717, 1.165) is 0 Å². The third kappa shape index (κ3) is 8.27. The van der Waals surface area contributed by atoms with Gasteiger partial charge in [0.2, 0.25) is 0 Å². The van der Waals surface area contributed by atoms with Crippen LogP contribution in [0, 0.1) is 0 Å². The fraction of sp³-hybridized carbons (Fsp3) is 0.500. The van der Waals surface area contributed by atoms with Crippen LogP contribution in [0.25, 0.3) is 0 Å². The molecule has 2 rings (SSSR count). The second-order valence-corrected chi connectivity index (χ2v) is 7.33. The molecule has 0 atom stereocenters. The number of nitrogens with zero attached hydrogens (tertiary/aromatic N) is 3. The lowest BCUT2D eigenvalue weighted by Gasteiger charge is -2.24. The van der Waals surface area contributed by atoms with Gasteiger partial charge < -0.3 is 15.3 Å². The predicted octanol–water partition coefficient (Wildman–Crippen LogP) is -0.415.